The molecule has 0 unspecified atom stereocenters. The van der Waals surface area contributed by atoms with Crippen molar-refractivity contribution in [3.05, 3.63) is 30.5 Å². The van der Waals surface area contributed by atoms with Gasteiger partial charge in [0.15, 0.2) is 11.3 Å². The number of fused-ring (bicyclic) bond motifs is 1. The first-order chi connectivity index (χ1) is 8.84. The van der Waals surface area contributed by atoms with Crippen molar-refractivity contribution in [3.8, 4) is 0 Å². The molecule has 0 saturated carbocycles. The van der Waals surface area contributed by atoms with Gasteiger partial charge in [-0.3, -0.25) is 9.78 Å². The van der Waals surface area contributed by atoms with Crippen molar-refractivity contribution >= 4 is 16.9 Å². The summed E-state index contributed by atoms with van der Waals surface area (Å²) in [6, 6.07) is 1.90. The van der Waals surface area contributed by atoms with Crippen molar-refractivity contribution in [3.63, 3.8) is 0 Å². The van der Waals surface area contributed by atoms with Crippen LogP contribution in [-0.2, 0) is 6.54 Å². The van der Waals surface area contributed by atoms with Crippen LogP contribution in [0.4, 0.5) is 5.82 Å². The quantitative estimate of drug-likeness (QED) is 0.713. The van der Waals surface area contributed by atoms with Crippen LogP contribution in [0.1, 0.15) is 5.69 Å². The number of aromatic amines is 1. The Labute approximate surface area is 103 Å². The lowest BCUT2D eigenvalue weighted by molar-refractivity contribution is 0.637. The fourth-order valence-corrected chi connectivity index (χ4v) is 1.80. The second-order valence-corrected chi connectivity index (χ2v) is 3.96. The maximum Gasteiger partial charge on any atom is 0.158 e. The Balaban J connectivity index is 1.74. The molecule has 0 aromatic carbocycles. The lowest BCUT2D eigenvalue weighted by Crippen LogP contribution is -2.12. The Morgan fingerprint density at radius 1 is 1.33 bits per heavy atom. The monoisotopic (exact) mass is 243 g/mol. The molecule has 0 atom stereocenters. The lowest BCUT2D eigenvalue weighted by Gasteiger charge is -2.05. The summed E-state index contributed by atoms with van der Waals surface area (Å²) in [5, 5.41) is 14.5. The maximum absolute atomic E-state index is 4.20. The molecule has 18 heavy (non-hydrogen) atoms. The van der Waals surface area contributed by atoms with E-state index in [1.165, 1.54) is 0 Å². The summed E-state index contributed by atoms with van der Waals surface area (Å²) in [5.74, 6) is 0.747. The summed E-state index contributed by atoms with van der Waals surface area (Å²) in [6.07, 6.45) is 5.23. The van der Waals surface area contributed by atoms with Crippen LogP contribution in [0.15, 0.2) is 24.8 Å². The normalized spacial score (nSPS) is 10.9. The zero-order valence-corrected chi connectivity index (χ0v) is 9.96. The number of hydrogen-bond donors (Lipinski definition) is 2. The van der Waals surface area contributed by atoms with E-state index >= 15 is 0 Å². The molecule has 0 fully saturated rings. The van der Waals surface area contributed by atoms with Crippen LogP contribution < -0.4 is 5.32 Å². The van der Waals surface area contributed by atoms with Gasteiger partial charge < -0.3 is 5.32 Å². The SMILES string of the molecule is Cc1[nH]nc2c(NCCn3cccn3)ncnc12. The average molecular weight is 243 g/mol. The Hall–Kier alpha value is -2.44. The van der Waals surface area contributed by atoms with Crippen LogP contribution in [0.5, 0.6) is 0 Å². The molecule has 3 aromatic heterocycles. The third-order valence-corrected chi connectivity index (χ3v) is 2.71. The lowest BCUT2D eigenvalue weighted by atomic mass is 10.3. The molecule has 0 aliphatic heterocycles. The minimum Gasteiger partial charge on any atom is -0.366 e. The van der Waals surface area contributed by atoms with Crippen molar-refractivity contribution in [2.75, 3.05) is 11.9 Å². The highest BCUT2D eigenvalue weighted by Crippen LogP contribution is 2.17. The van der Waals surface area contributed by atoms with E-state index in [0.717, 1.165) is 35.6 Å². The summed E-state index contributed by atoms with van der Waals surface area (Å²) < 4.78 is 1.86. The van der Waals surface area contributed by atoms with Gasteiger partial charge in [-0.15, -0.1) is 0 Å². The van der Waals surface area contributed by atoms with Crippen molar-refractivity contribution in [1.82, 2.24) is 29.9 Å². The van der Waals surface area contributed by atoms with E-state index in [4.69, 9.17) is 0 Å². The third-order valence-electron chi connectivity index (χ3n) is 2.71. The largest absolute Gasteiger partial charge is 0.366 e. The molecule has 0 saturated heterocycles. The van der Waals surface area contributed by atoms with E-state index < -0.39 is 0 Å². The summed E-state index contributed by atoms with van der Waals surface area (Å²) in [4.78, 5) is 8.40. The number of anilines is 1. The highest BCUT2D eigenvalue weighted by Gasteiger charge is 2.08. The zero-order valence-electron chi connectivity index (χ0n) is 9.96. The predicted molar refractivity (Wildman–Crippen MR) is 67.1 cm³/mol. The molecular formula is C11H13N7. The minimum absolute atomic E-state index is 0.736. The van der Waals surface area contributed by atoms with Crippen LogP contribution in [0.25, 0.3) is 11.0 Å². The number of hydrogen-bond acceptors (Lipinski definition) is 5. The van der Waals surface area contributed by atoms with E-state index in [0.29, 0.717) is 0 Å². The highest BCUT2D eigenvalue weighted by atomic mass is 15.3. The maximum atomic E-state index is 4.20. The van der Waals surface area contributed by atoms with Gasteiger partial charge in [-0.05, 0) is 13.0 Å². The first-order valence-electron chi connectivity index (χ1n) is 5.71. The predicted octanol–water partition coefficient (Wildman–Crippen LogP) is 0.970. The van der Waals surface area contributed by atoms with Crippen LogP contribution in [0.2, 0.25) is 0 Å². The first-order valence-corrected chi connectivity index (χ1v) is 5.71. The Morgan fingerprint density at radius 3 is 3.11 bits per heavy atom. The van der Waals surface area contributed by atoms with Crippen LogP contribution in [-0.4, -0.2) is 36.5 Å². The Morgan fingerprint density at radius 2 is 2.28 bits per heavy atom. The summed E-state index contributed by atoms with van der Waals surface area (Å²) in [6.45, 7) is 3.46. The van der Waals surface area contributed by atoms with Crippen LogP contribution >= 0.6 is 0 Å². The van der Waals surface area contributed by atoms with Gasteiger partial charge in [-0.2, -0.15) is 10.2 Å². The van der Waals surface area contributed by atoms with Gasteiger partial charge in [0.25, 0.3) is 0 Å². The van der Waals surface area contributed by atoms with E-state index in [9.17, 15) is 0 Å². The third kappa shape index (κ3) is 1.90. The van der Waals surface area contributed by atoms with E-state index in [-0.39, 0.29) is 0 Å². The zero-order chi connectivity index (χ0) is 12.4. The molecule has 7 heteroatoms. The number of nitrogens with one attached hydrogen (secondary N) is 2. The molecule has 3 heterocycles. The smallest absolute Gasteiger partial charge is 0.158 e. The molecule has 7 nitrogen and oxygen atoms in total. The van der Waals surface area contributed by atoms with E-state index in [2.05, 4.69) is 30.6 Å². The van der Waals surface area contributed by atoms with Crippen molar-refractivity contribution in [2.24, 2.45) is 0 Å². The van der Waals surface area contributed by atoms with Gasteiger partial charge in [0.05, 0.1) is 12.2 Å². The summed E-state index contributed by atoms with van der Waals surface area (Å²) in [7, 11) is 0. The standard InChI is InChI=1S/C11H13N7/c1-8-9-10(17-16-8)11(14-7-13-9)12-4-6-18-5-2-3-15-18/h2-3,5,7H,4,6H2,1H3,(H,16,17)(H,12,13,14). The minimum atomic E-state index is 0.736. The summed E-state index contributed by atoms with van der Waals surface area (Å²) in [5.41, 5.74) is 2.57. The highest BCUT2D eigenvalue weighted by molar-refractivity contribution is 5.86. The molecule has 3 rings (SSSR count). The van der Waals surface area contributed by atoms with Gasteiger partial charge in [-0.25, -0.2) is 9.97 Å². The second kappa shape index (κ2) is 4.44. The Kier molecular flexibility index (Phi) is 2.64. The summed E-state index contributed by atoms with van der Waals surface area (Å²) >= 11 is 0. The van der Waals surface area contributed by atoms with Gasteiger partial charge in [0.1, 0.15) is 11.8 Å². The Bertz CT molecular complexity index is 641. The molecule has 0 bridgehead atoms. The molecule has 92 valence electrons. The molecule has 0 aliphatic rings. The second-order valence-electron chi connectivity index (χ2n) is 3.96. The molecule has 2 N–H and O–H groups in total. The molecular weight excluding hydrogens is 230 g/mol. The molecule has 0 amide bonds. The number of rotatable bonds is 4. The van der Waals surface area contributed by atoms with Crippen LogP contribution in [0.3, 0.4) is 0 Å². The van der Waals surface area contributed by atoms with Crippen molar-refractivity contribution in [2.45, 2.75) is 13.5 Å². The molecule has 0 spiro atoms. The topological polar surface area (TPSA) is 84.3 Å². The molecule has 3 aromatic rings. The van der Waals surface area contributed by atoms with Gasteiger partial charge in [0, 0.05) is 18.9 Å². The van der Waals surface area contributed by atoms with E-state index in [1.807, 2.05) is 23.9 Å². The number of H-pyrrole nitrogens is 1. The average Bonchev–Trinajstić information content (AvgIpc) is 3.01. The van der Waals surface area contributed by atoms with Gasteiger partial charge in [-0.1, -0.05) is 0 Å². The van der Waals surface area contributed by atoms with E-state index in [1.54, 1.807) is 12.5 Å². The molecule has 0 radical (unpaired) electrons. The number of aromatic nitrogens is 6. The fourth-order valence-electron chi connectivity index (χ4n) is 1.80. The first kappa shape index (κ1) is 10.7. The van der Waals surface area contributed by atoms with Gasteiger partial charge in [0.2, 0.25) is 0 Å². The number of aryl methyl sites for hydroxylation is 1. The van der Waals surface area contributed by atoms with Crippen molar-refractivity contribution in [1.29, 1.82) is 0 Å². The van der Waals surface area contributed by atoms with Gasteiger partial charge >= 0.3 is 0 Å². The molecule has 0 aliphatic carbocycles. The van der Waals surface area contributed by atoms with Crippen molar-refractivity contribution < 1.29 is 0 Å². The fraction of sp³-hybridized carbons (Fsp3) is 0.273. The number of nitrogens with zero attached hydrogens (tertiary/aromatic N) is 5. The van der Waals surface area contributed by atoms with Crippen LogP contribution in [0, 0.1) is 6.92 Å².